The molecule has 2 aromatic rings. The van der Waals surface area contributed by atoms with Crippen molar-refractivity contribution in [3.63, 3.8) is 0 Å². The Morgan fingerprint density at radius 1 is 0.852 bits per heavy atom. The standard InChI is InChI=1S/C19H20N2O6/c1-24-14-5-3-12(7-16(14)25-2)9-20-18(22)19(23)21-10-13-4-6-15-17(8-13)27-11-26-15/h3-8H,9-11H2,1-2H3,(H,20,22)(H,21,23). The molecule has 0 unspecified atom stereocenters. The van der Waals surface area contributed by atoms with Crippen molar-refractivity contribution < 1.29 is 28.5 Å². The molecule has 0 saturated carbocycles. The van der Waals surface area contributed by atoms with Crippen molar-refractivity contribution in [1.82, 2.24) is 10.6 Å². The van der Waals surface area contributed by atoms with Gasteiger partial charge in [0.25, 0.3) is 0 Å². The summed E-state index contributed by atoms with van der Waals surface area (Å²) in [6.45, 7) is 0.583. The van der Waals surface area contributed by atoms with Crippen LogP contribution in [0.2, 0.25) is 0 Å². The van der Waals surface area contributed by atoms with Gasteiger partial charge in [0.2, 0.25) is 6.79 Å². The second kappa shape index (κ2) is 8.31. The van der Waals surface area contributed by atoms with Crippen LogP contribution in [-0.2, 0) is 22.7 Å². The van der Waals surface area contributed by atoms with Crippen molar-refractivity contribution in [2.45, 2.75) is 13.1 Å². The molecule has 1 heterocycles. The molecule has 2 N–H and O–H groups in total. The number of benzene rings is 2. The van der Waals surface area contributed by atoms with Crippen molar-refractivity contribution >= 4 is 11.8 Å². The average molecular weight is 372 g/mol. The molecule has 1 aliphatic rings. The highest BCUT2D eigenvalue weighted by Crippen LogP contribution is 2.32. The number of hydrogen-bond donors (Lipinski definition) is 2. The molecule has 0 radical (unpaired) electrons. The number of hydrogen-bond acceptors (Lipinski definition) is 6. The second-order valence-electron chi connectivity index (χ2n) is 5.74. The van der Waals surface area contributed by atoms with Crippen LogP contribution < -0.4 is 29.6 Å². The molecule has 2 amide bonds. The molecule has 0 aliphatic carbocycles. The number of carbonyl (C=O) groups excluding carboxylic acids is 2. The first-order valence-corrected chi connectivity index (χ1v) is 8.26. The Hall–Kier alpha value is -3.42. The minimum absolute atomic E-state index is 0.184. The zero-order valence-electron chi connectivity index (χ0n) is 15.0. The maximum Gasteiger partial charge on any atom is 0.309 e. The zero-order valence-corrected chi connectivity index (χ0v) is 15.0. The van der Waals surface area contributed by atoms with Crippen molar-refractivity contribution in [3.05, 3.63) is 47.5 Å². The molecule has 1 aliphatic heterocycles. The van der Waals surface area contributed by atoms with Crippen LogP contribution in [0, 0.1) is 0 Å². The Labute approximate surface area is 156 Å². The Morgan fingerprint density at radius 2 is 1.44 bits per heavy atom. The molecule has 8 nitrogen and oxygen atoms in total. The van der Waals surface area contributed by atoms with E-state index >= 15 is 0 Å². The molecule has 2 aromatic carbocycles. The summed E-state index contributed by atoms with van der Waals surface area (Å²) in [5.41, 5.74) is 1.59. The maximum absolute atomic E-state index is 12.0. The fourth-order valence-electron chi connectivity index (χ4n) is 2.57. The van der Waals surface area contributed by atoms with Gasteiger partial charge in [0, 0.05) is 13.1 Å². The highest BCUT2D eigenvalue weighted by atomic mass is 16.7. The van der Waals surface area contributed by atoms with Crippen LogP contribution in [0.25, 0.3) is 0 Å². The molecule has 0 saturated heterocycles. The lowest BCUT2D eigenvalue weighted by molar-refractivity contribution is -0.139. The predicted octanol–water partition coefficient (Wildman–Crippen LogP) is 1.37. The van der Waals surface area contributed by atoms with Crippen molar-refractivity contribution in [2.24, 2.45) is 0 Å². The summed E-state index contributed by atoms with van der Waals surface area (Å²) in [5.74, 6) is 1.00. The van der Waals surface area contributed by atoms with Crippen LogP contribution in [-0.4, -0.2) is 32.8 Å². The Balaban J connectivity index is 1.50. The lowest BCUT2D eigenvalue weighted by Gasteiger charge is -2.10. The first-order valence-electron chi connectivity index (χ1n) is 8.26. The van der Waals surface area contributed by atoms with Crippen molar-refractivity contribution in [3.8, 4) is 23.0 Å². The molecule has 3 rings (SSSR count). The van der Waals surface area contributed by atoms with Crippen LogP contribution in [0.5, 0.6) is 23.0 Å². The van der Waals surface area contributed by atoms with Crippen LogP contribution >= 0.6 is 0 Å². The van der Waals surface area contributed by atoms with Gasteiger partial charge >= 0.3 is 11.8 Å². The van der Waals surface area contributed by atoms with Gasteiger partial charge in [-0.05, 0) is 35.4 Å². The lowest BCUT2D eigenvalue weighted by atomic mass is 10.2. The quantitative estimate of drug-likeness (QED) is 0.744. The van der Waals surface area contributed by atoms with E-state index in [2.05, 4.69) is 10.6 Å². The molecule has 0 atom stereocenters. The minimum Gasteiger partial charge on any atom is -0.493 e. The molecule has 0 aromatic heterocycles. The molecular weight excluding hydrogens is 352 g/mol. The van der Waals surface area contributed by atoms with Gasteiger partial charge in [0.15, 0.2) is 23.0 Å². The van der Waals surface area contributed by atoms with Gasteiger partial charge in [0.05, 0.1) is 14.2 Å². The fraction of sp³-hybridized carbons (Fsp3) is 0.263. The van der Waals surface area contributed by atoms with E-state index in [-0.39, 0.29) is 19.9 Å². The highest BCUT2D eigenvalue weighted by molar-refractivity contribution is 6.35. The summed E-state index contributed by atoms with van der Waals surface area (Å²) in [7, 11) is 3.08. The summed E-state index contributed by atoms with van der Waals surface area (Å²) in [6.07, 6.45) is 0. The lowest BCUT2D eigenvalue weighted by Crippen LogP contribution is -2.39. The number of ether oxygens (including phenoxy) is 4. The molecular formula is C19H20N2O6. The predicted molar refractivity (Wildman–Crippen MR) is 95.8 cm³/mol. The van der Waals surface area contributed by atoms with Crippen molar-refractivity contribution in [2.75, 3.05) is 21.0 Å². The van der Waals surface area contributed by atoms with Crippen molar-refractivity contribution in [1.29, 1.82) is 0 Å². The molecule has 8 heteroatoms. The van der Waals surface area contributed by atoms with Crippen LogP contribution in [0.15, 0.2) is 36.4 Å². The van der Waals surface area contributed by atoms with Gasteiger partial charge in [-0.15, -0.1) is 0 Å². The van der Waals surface area contributed by atoms with Crippen LogP contribution in [0.4, 0.5) is 0 Å². The van der Waals surface area contributed by atoms with E-state index in [9.17, 15) is 9.59 Å². The van der Waals surface area contributed by atoms with Gasteiger partial charge in [-0.2, -0.15) is 0 Å². The summed E-state index contributed by atoms with van der Waals surface area (Å²) < 4.78 is 20.9. The zero-order chi connectivity index (χ0) is 19.2. The smallest absolute Gasteiger partial charge is 0.309 e. The largest absolute Gasteiger partial charge is 0.493 e. The first kappa shape index (κ1) is 18.4. The van der Waals surface area contributed by atoms with E-state index in [0.29, 0.717) is 23.0 Å². The van der Waals surface area contributed by atoms with Gasteiger partial charge < -0.3 is 29.6 Å². The number of methoxy groups -OCH3 is 2. The molecule has 27 heavy (non-hydrogen) atoms. The maximum atomic E-state index is 12.0. The molecule has 0 bridgehead atoms. The van der Waals surface area contributed by atoms with Gasteiger partial charge in [0.1, 0.15) is 0 Å². The monoisotopic (exact) mass is 372 g/mol. The van der Waals surface area contributed by atoms with E-state index in [0.717, 1.165) is 11.1 Å². The third-order valence-corrected chi connectivity index (χ3v) is 4.00. The second-order valence-corrected chi connectivity index (χ2v) is 5.74. The number of carbonyl (C=O) groups is 2. The summed E-state index contributed by atoms with van der Waals surface area (Å²) in [5, 5.41) is 5.15. The van der Waals surface area contributed by atoms with E-state index in [1.54, 1.807) is 43.5 Å². The normalized spacial score (nSPS) is 11.6. The van der Waals surface area contributed by atoms with E-state index < -0.39 is 11.8 Å². The molecule has 142 valence electrons. The summed E-state index contributed by atoms with van der Waals surface area (Å²) in [6, 6.07) is 10.6. The van der Waals surface area contributed by atoms with Gasteiger partial charge in [-0.25, -0.2) is 0 Å². The minimum atomic E-state index is -0.717. The number of rotatable bonds is 6. The first-order chi connectivity index (χ1) is 13.1. The SMILES string of the molecule is COc1ccc(CNC(=O)C(=O)NCc2ccc3c(c2)OCO3)cc1OC. The van der Waals surface area contributed by atoms with E-state index in [1.165, 1.54) is 7.11 Å². The van der Waals surface area contributed by atoms with Gasteiger partial charge in [-0.1, -0.05) is 12.1 Å². The molecule has 0 spiro atoms. The van der Waals surface area contributed by atoms with E-state index in [4.69, 9.17) is 18.9 Å². The van der Waals surface area contributed by atoms with Crippen LogP contribution in [0.3, 0.4) is 0 Å². The van der Waals surface area contributed by atoms with Crippen LogP contribution in [0.1, 0.15) is 11.1 Å². The number of fused-ring (bicyclic) bond motifs is 1. The third-order valence-electron chi connectivity index (χ3n) is 4.00. The topological polar surface area (TPSA) is 95.1 Å². The number of nitrogens with one attached hydrogen (secondary N) is 2. The highest BCUT2D eigenvalue weighted by Gasteiger charge is 2.16. The third kappa shape index (κ3) is 4.41. The Kier molecular flexibility index (Phi) is 5.65. The Bertz CT molecular complexity index is 852. The van der Waals surface area contributed by atoms with Gasteiger partial charge in [-0.3, -0.25) is 9.59 Å². The summed E-state index contributed by atoms with van der Waals surface area (Å²) >= 11 is 0. The fourth-order valence-corrected chi connectivity index (χ4v) is 2.57. The number of amides is 2. The average Bonchev–Trinajstić information content (AvgIpc) is 3.17. The summed E-state index contributed by atoms with van der Waals surface area (Å²) in [4.78, 5) is 23.9. The Morgan fingerprint density at radius 3 is 2.11 bits per heavy atom. The molecule has 0 fully saturated rings. The van der Waals surface area contributed by atoms with E-state index in [1.807, 2.05) is 0 Å².